The van der Waals surface area contributed by atoms with Gasteiger partial charge in [0, 0.05) is 32.3 Å². The summed E-state index contributed by atoms with van der Waals surface area (Å²) >= 11 is 0. The molecule has 1 saturated carbocycles. The number of aliphatic hydroxyl groups excluding tert-OH is 3. The molecular weight excluding hydrogens is 1160 g/mol. The fourth-order valence-corrected chi connectivity index (χ4v) is 9.70. The Labute approximate surface area is 511 Å². The minimum atomic E-state index is -2.04. The van der Waals surface area contributed by atoms with Gasteiger partial charge in [-0.15, -0.1) is 0 Å². The Kier molecular flexibility index (Phi) is 24.6. The summed E-state index contributed by atoms with van der Waals surface area (Å²) in [6.45, 7) is 19.9. The lowest BCUT2D eigenvalue weighted by atomic mass is 9.82. The van der Waals surface area contributed by atoms with E-state index in [1.165, 1.54) is 49.2 Å². The zero-order chi connectivity index (χ0) is 65.9. The van der Waals surface area contributed by atoms with Gasteiger partial charge in [0.25, 0.3) is 5.69 Å². The molecule has 1 aromatic rings. The highest BCUT2D eigenvalue weighted by Crippen LogP contribution is 2.35. The van der Waals surface area contributed by atoms with Crippen molar-refractivity contribution >= 4 is 48.0 Å². The number of nitro groups is 1. The van der Waals surface area contributed by atoms with Crippen LogP contribution in [0.15, 0.2) is 36.1 Å². The van der Waals surface area contributed by atoms with Crippen LogP contribution in [0.2, 0.25) is 0 Å². The summed E-state index contributed by atoms with van der Waals surface area (Å²) in [4.78, 5) is 107. The normalized spacial score (nSPS) is 27.1. The van der Waals surface area contributed by atoms with Gasteiger partial charge in [-0.1, -0.05) is 0 Å². The van der Waals surface area contributed by atoms with Gasteiger partial charge in [-0.05, 0) is 133 Å². The lowest BCUT2D eigenvalue weighted by molar-refractivity contribution is -0.384. The Bertz CT molecular complexity index is 2620. The summed E-state index contributed by atoms with van der Waals surface area (Å²) in [5, 5.41) is 72.1. The second kappa shape index (κ2) is 30.1. The maximum Gasteiger partial charge on any atom is 0.410 e. The zero-order valence-corrected chi connectivity index (χ0v) is 52.5. The Morgan fingerprint density at radius 1 is 0.773 bits per heavy atom. The number of non-ortho nitro benzene ring substituents is 1. The minimum Gasteiger partial charge on any atom is -0.465 e. The molecule has 31 nitrogen and oxygen atoms in total. The highest BCUT2D eigenvalue weighted by molar-refractivity contribution is 5.81. The molecule has 2 saturated heterocycles. The minimum absolute atomic E-state index is 0.000195. The topological polar surface area (TPSA) is 402 Å². The Morgan fingerprint density at radius 2 is 1.36 bits per heavy atom. The average Bonchev–Trinajstić information content (AvgIpc) is 0.835. The van der Waals surface area contributed by atoms with Crippen molar-refractivity contribution in [3.05, 3.63) is 51.8 Å². The van der Waals surface area contributed by atoms with Gasteiger partial charge in [0.05, 0.1) is 67.9 Å². The van der Waals surface area contributed by atoms with Gasteiger partial charge in [-0.25, -0.2) is 24.0 Å². The molecule has 496 valence electrons. The SMILES string of the molecule is CN(C(=O)OC(C)(C)C)[C@@H]1[C@@H](O)[C@@H](O[C@@H]2[C@@H](O)[C@H](O[C@H]3OC(CNC(=O)OCc4ccc([N+](=O)[O-])cc4)=CC[C@H]3NC(=O)CC3CN(C(=O)OC(C)(C)C)CCO3)[C@@H](NC(=O)OC(C)(C)C)C[C@H]2NC(=O)[C@@H](O)CCNC(=O)OC(C)(C)C)OC[C@]1(C)O. The lowest BCUT2D eigenvalue weighted by Gasteiger charge is -2.50. The van der Waals surface area contributed by atoms with Crippen LogP contribution >= 0.6 is 0 Å². The van der Waals surface area contributed by atoms with E-state index in [-0.39, 0.29) is 70.1 Å². The quantitative estimate of drug-likeness (QED) is 0.0546. The second-order valence-electron chi connectivity index (χ2n) is 26.1. The van der Waals surface area contributed by atoms with Crippen LogP contribution in [0.5, 0.6) is 0 Å². The van der Waals surface area contributed by atoms with E-state index in [0.29, 0.717) is 5.56 Å². The fraction of sp³-hybridized carbons (Fsp3) is 0.737. The molecule has 7 amide bonds. The molecule has 1 aromatic carbocycles. The Balaban J connectivity index is 1.50. The molecule has 3 heterocycles. The van der Waals surface area contributed by atoms with E-state index in [1.54, 1.807) is 83.1 Å². The predicted molar refractivity (Wildman–Crippen MR) is 307 cm³/mol. The first-order valence-corrected chi connectivity index (χ1v) is 29.0. The summed E-state index contributed by atoms with van der Waals surface area (Å²) in [6, 6.07) is -0.167. The van der Waals surface area contributed by atoms with Crippen molar-refractivity contribution in [2.75, 3.05) is 46.4 Å². The Hall–Kier alpha value is -6.87. The van der Waals surface area contributed by atoms with Crippen LogP contribution in [0, 0.1) is 10.1 Å². The van der Waals surface area contributed by atoms with Crippen molar-refractivity contribution < 1.29 is 106 Å². The number of carbonyl (C=O) groups is 7. The smallest absolute Gasteiger partial charge is 0.410 e. The van der Waals surface area contributed by atoms with Crippen LogP contribution in [-0.4, -0.2) is 225 Å². The van der Waals surface area contributed by atoms with Crippen molar-refractivity contribution in [3.63, 3.8) is 0 Å². The highest BCUT2D eigenvalue weighted by atomic mass is 16.7. The van der Waals surface area contributed by atoms with Crippen molar-refractivity contribution in [2.24, 2.45) is 0 Å². The monoisotopic (exact) mass is 1250 g/mol. The third kappa shape index (κ3) is 22.6. The van der Waals surface area contributed by atoms with Crippen molar-refractivity contribution in [1.29, 1.82) is 0 Å². The molecule has 3 fully saturated rings. The van der Waals surface area contributed by atoms with Crippen LogP contribution in [-0.2, 0) is 63.6 Å². The number of likely N-dealkylation sites (N-methyl/N-ethyl adjacent to an activating group) is 1. The lowest BCUT2D eigenvalue weighted by Crippen LogP contribution is -2.71. The maximum absolute atomic E-state index is 14.1. The van der Waals surface area contributed by atoms with Gasteiger partial charge in [0.2, 0.25) is 18.1 Å². The van der Waals surface area contributed by atoms with Crippen molar-refractivity contribution in [2.45, 2.75) is 224 Å². The highest BCUT2D eigenvalue weighted by Gasteiger charge is 2.55. The fourth-order valence-electron chi connectivity index (χ4n) is 9.70. The first kappa shape index (κ1) is 71.9. The van der Waals surface area contributed by atoms with E-state index in [2.05, 4.69) is 26.6 Å². The van der Waals surface area contributed by atoms with E-state index in [9.17, 15) is 64.1 Å². The van der Waals surface area contributed by atoms with Crippen LogP contribution in [0.1, 0.15) is 121 Å². The maximum atomic E-state index is 14.1. The third-order valence-corrected chi connectivity index (χ3v) is 13.5. The summed E-state index contributed by atoms with van der Waals surface area (Å²) in [6.07, 6.45) is -17.4. The molecule has 13 atom stereocenters. The number of rotatable bonds is 19. The van der Waals surface area contributed by atoms with Gasteiger partial charge in [-0.2, -0.15) is 0 Å². The molecule has 31 heteroatoms. The number of amides is 7. The summed E-state index contributed by atoms with van der Waals surface area (Å²) in [5.74, 6) is -1.61. The first-order valence-electron chi connectivity index (χ1n) is 29.0. The number of nitrogens with zero attached hydrogens (tertiary/aromatic N) is 3. The molecule has 0 aromatic heterocycles. The number of hydrogen-bond donors (Lipinski definition) is 9. The van der Waals surface area contributed by atoms with Crippen LogP contribution < -0.4 is 26.6 Å². The number of morpholine rings is 1. The molecule has 5 rings (SSSR count). The zero-order valence-electron chi connectivity index (χ0n) is 52.5. The second-order valence-corrected chi connectivity index (χ2v) is 26.1. The van der Waals surface area contributed by atoms with Crippen molar-refractivity contribution in [3.8, 4) is 0 Å². The molecule has 0 bridgehead atoms. The van der Waals surface area contributed by atoms with Crippen LogP contribution in [0.4, 0.5) is 29.7 Å². The average molecular weight is 1260 g/mol. The molecule has 1 aliphatic carbocycles. The molecule has 9 N–H and O–H groups in total. The van der Waals surface area contributed by atoms with Crippen molar-refractivity contribution in [1.82, 2.24) is 36.4 Å². The largest absolute Gasteiger partial charge is 0.465 e. The molecule has 3 aliphatic heterocycles. The summed E-state index contributed by atoms with van der Waals surface area (Å²) in [7, 11) is 1.27. The molecular formula is C57H90N8O23. The predicted octanol–water partition coefficient (Wildman–Crippen LogP) is 2.85. The van der Waals surface area contributed by atoms with Gasteiger partial charge < -0.3 is 104 Å². The number of aliphatic hydroxyl groups is 4. The molecule has 1 unspecified atom stereocenters. The Morgan fingerprint density at radius 3 is 1.97 bits per heavy atom. The first-order chi connectivity index (χ1) is 40.7. The molecule has 0 spiro atoms. The van der Waals surface area contributed by atoms with Crippen LogP contribution in [0.3, 0.4) is 0 Å². The number of carbonyl (C=O) groups excluding carboxylic acids is 7. The number of benzene rings is 1. The van der Waals surface area contributed by atoms with Gasteiger partial charge in [-0.3, -0.25) is 19.7 Å². The van der Waals surface area contributed by atoms with Crippen LogP contribution in [0.25, 0.3) is 0 Å². The number of alkyl carbamates (subject to hydrolysis) is 3. The van der Waals surface area contributed by atoms with E-state index in [1.807, 2.05) is 0 Å². The third-order valence-electron chi connectivity index (χ3n) is 13.5. The van der Waals surface area contributed by atoms with E-state index in [0.717, 1.165) is 4.90 Å². The molecule has 0 radical (unpaired) electrons. The number of hydrogen-bond acceptors (Lipinski definition) is 23. The van der Waals surface area contributed by atoms with E-state index < -0.39 is 162 Å². The van der Waals surface area contributed by atoms with E-state index in [4.69, 9.17) is 47.4 Å². The van der Waals surface area contributed by atoms with Gasteiger partial charge >= 0.3 is 30.5 Å². The number of nitrogens with one attached hydrogen (secondary N) is 5. The number of ether oxygens (including phenoxy) is 10. The number of nitro benzene ring substituents is 1. The summed E-state index contributed by atoms with van der Waals surface area (Å²) in [5.41, 5.74) is -5.43. The summed E-state index contributed by atoms with van der Waals surface area (Å²) < 4.78 is 58.5. The standard InChI is InChI=1S/C57H90N8O23/c1-53(2,3)85-49(72)58-22-21-38(66)45(70)61-36-26-37(62-50(73)86-54(4,5)6)43(40(68)42(36)84-47-41(69)44(57(13,76)30-81-47)63(14)51(74)87-55(7,8)9)83-46-35(60-39(67)25-34-28-64(23-24-79-34)52(75)88-56(10,11)12)20-19-33(82-46)27-59-48(71)80-29-31-15-17-32(18-16-31)65(77)78/h15-19,34-38,40-44,46-47,66,68-69,76H,20-30H2,1-14H3,(H,58,72)(H,59,71)(H,60,67)(H,61,70)(H,62,73)/t34?,35-,36-,37+,38+,40-,41-,42+,43-,44-,46-,47-,57+/m1/s1. The van der Waals surface area contributed by atoms with E-state index >= 15 is 0 Å². The molecule has 4 aliphatic rings. The molecule has 88 heavy (non-hydrogen) atoms. The van der Waals surface area contributed by atoms with Gasteiger partial charge in [0.1, 0.15) is 70.9 Å². The van der Waals surface area contributed by atoms with Gasteiger partial charge in [0.15, 0.2) is 6.29 Å².